The highest BCUT2D eigenvalue weighted by molar-refractivity contribution is 5.69. The van der Waals surface area contributed by atoms with Crippen LogP contribution in [0.2, 0.25) is 0 Å². The van der Waals surface area contributed by atoms with Crippen LogP contribution in [0.25, 0.3) is 0 Å². The molecule has 0 saturated carbocycles. The first-order chi connectivity index (χ1) is 4.70. The zero-order valence-electron chi connectivity index (χ0n) is 6.46. The first-order valence-electron chi connectivity index (χ1n) is 3.45. The maximum atomic E-state index is 10.5. The number of ether oxygens (including phenoxy) is 1. The largest absolute Gasteiger partial charge is 0.469 e. The minimum Gasteiger partial charge on any atom is -0.469 e. The van der Waals surface area contributed by atoms with E-state index < -0.39 is 0 Å². The Morgan fingerprint density at radius 3 is 2.70 bits per heavy atom. The van der Waals surface area contributed by atoms with Crippen LogP contribution in [0.15, 0.2) is 0 Å². The lowest BCUT2D eigenvalue weighted by atomic mass is 10.1. The van der Waals surface area contributed by atoms with Crippen LogP contribution in [0.3, 0.4) is 0 Å². The molecule has 0 aliphatic rings. The summed E-state index contributed by atoms with van der Waals surface area (Å²) in [5.41, 5.74) is 0. The number of esters is 1. The average Bonchev–Trinajstić information content (AvgIpc) is 1.99. The van der Waals surface area contributed by atoms with E-state index >= 15 is 0 Å². The van der Waals surface area contributed by atoms with Gasteiger partial charge in [-0.25, -0.2) is 0 Å². The average molecular weight is 146 g/mol. The molecular formula is C7H14O3. The zero-order chi connectivity index (χ0) is 7.98. The number of carbonyl (C=O) groups is 1. The van der Waals surface area contributed by atoms with E-state index in [0.29, 0.717) is 19.3 Å². The highest BCUT2D eigenvalue weighted by atomic mass is 16.5. The van der Waals surface area contributed by atoms with Gasteiger partial charge in [0.05, 0.1) is 13.2 Å². The van der Waals surface area contributed by atoms with E-state index in [0.717, 1.165) is 0 Å². The number of aliphatic hydroxyl groups is 1. The predicted molar refractivity (Wildman–Crippen MR) is 37.5 cm³/mol. The van der Waals surface area contributed by atoms with Crippen molar-refractivity contribution in [1.29, 1.82) is 0 Å². The number of rotatable bonds is 4. The molecule has 1 unspecified atom stereocenters. The van der Waals surface area contributed by atoms with E-state index in [2.05, 4.69) is 4.74 Å². The summed E-state index contributed by atoms with van der Waals surface area (Å²) in [7, 11) is 1.35. The highest BCUT2D eigenvalue weighted by Crippen LogP contribution is 2.01. The Balaban J connectivity index is 3.26. The van der Waals surface area contributed by atoms with E-state index in [1.54, 1.807) is 0 Å². The Morgan fingerprint density at radius 2 is 2.30 bits per heavy atom. The number of carbonyl (C=O) groups excluding carboxylic acids is 1. The summed E-state index contributed by atoms with van der Waals surface area (Å²) in [6, 6.07) is 0. The van der Waals surface area contributed by atoms with Gasteiger partial charge in [0.15, 0.2) is 0 Å². The molecule has 0 aliphatic carbocycles. The normalized spacial score (nSPS) is 12.7. The fourth-order valence-electron chi connectivity index (χ4n) is 0.591. The molecule has 1 N–H and O–H groups in total. The minimum atomic E-state index is -0.362. The molecule has 0 amide bonds. The van der Waals surface area contributed by atoms with Crippen LogP contribution in [0, 0.1) is 0 Å². The first kappa shape index (κ1) is 9.43. The van der Waals surface area contributed by atoms with Crippen LogP contribution in [0.4, 0.5) is 0 Å². The maximum absolute atomic E-state index is 10.5. The number of hydrogen-bond acceptors (Lipinski definition) is 3. The summed E-state index contributed by atoms with van der Waals surface area (Å²) in [5.74, 6) is -0.257. The predicted octanol–water partition coefficient (Wildman–Crippen LogP) is 0.710. The van der Waals surface area contributed by atoms with Crippen LogP contribution in [0.5, 0.6) is 0 Å². The molecule has 0 bridgehead atoms. The maximum Gasteiger partial charge on any atom is 0.305 e. The molecule has 0 rings (SSSR count). The number of hydrogen-bond donors (Lipinski definition) is 1. The summed E-state index contributed by atoms with van der Waals surface area (Å²) in [6.45, 7) is 1.88. The zero-order valence-corrected chi connectivity index (χ0v) is 6.46. The molecule has 0 aromatic heterocycles. The molecule has 0 radical (unpaired) electrons. The van der Waals surface area contributed by atoms with Crippen LogP contribution in [-0.4, -0.2) is 24.3 Å². The molecule has 3 nitrogen and oxygen atoms in total. The van der Waals surface area contributed by atoms with E-state index in [1.165, 1.54) is 7.11 Å². The second-order valence-corrected chi connectivity index (χ2v) is 2.18. The summed E-state index contributed by atoms with van der Waals surface area (Å²) in [6.07, 6.45) is 1.14. The van der Waals surface area contributed by atoms with E-state index in [4.69, 9.17) is 5.11 Å². The molecule has 0 spiro atoms. The first-order valence-corrected chi connectivity index (χ1v) is 3.45. The van der Waals surface area contributed by atoms with Crippen molar-refractivity contribution < 1.29 is 14.6 Å². The van der Waals surface area contributed by atoms with E-state index in [1.807, 2.05) is 6.92 Å². The third-order valence-electron chi connectivity index (χ3n) is 1.38. The van der Waals surface area contributed by atoms with Crippen LogP contribution in [-0.2, 0) is 9.53 Å². The Labute approximate surface area is 61.0 Å². The Morgan fingerprint density at radius 1 is 1.70 bits per heavy atom. The lowest BCUT2D eigenvalue weighted by Crippen LogP contribution is -2.08. The van der Waals surface area contributed by atoms with E-state index in [-0.39, 0.29) is 12.1 Å². The fourth-order valence-corrected chi connectivity index (χ4v) is 0.591. The minimum absolute atomic E-state index is 0.257. The molecule has 1 atom stereocenters. The SMILES string of the molecule is CCC(O)CCC(=O)OC. The van der Waals surface area contributed by atoms with Gasteiger partial charge in [-0.2, -0.15) is 0 Å². The van der Waals surface area contributed by atoms with Gasteiger partial charge in [0.25, 0.3) is 0 Å². The van der Waals surface area contributed by atoms with Gasteiger partial charge >= 0.3 is 5.97 Å². The van der Waals surface area contributed by atoms with Gasteiger partial charge in [-0.15, -0.1) is 0 Å². The quantitative estimate of drug-likeness (QED) is 0.594. The Bertz CT molecular complexity index is 101. The Kier molecular flexibility index (Phi) is 4.94. The van der Waals surface area contributed by atoms with Crippen molar-refractivity contribution in [3.63, 3.8) is 0 Å². The van der Waals surface area contributed by atoms with Crippen molar-refractivity contribution in [2.45, 2.75) is 32.3 Å². The van der Waals surface area contributed by atoms with Gasteiger partial charge in [0, 0.05) is 6.42 Å². The molecular weight excluding hydrogens is 132 g/mol. The van der Waals surface area contributed by atoms with Crippen LogP contribution < -0.4 is 0 Å². The van der Waals surface area contributed by atoms with Crippen molar-refractivity contribution in [3.8, 4) is 0 Å². The van der Waals surface area contributed by atoms with Gasteiger partial charge < -0.3 is 9.84 Å². The standard InChI is InChI=1S/C7H14O3/c1-3-6(8)4-5-7(9)10-2/h6,8H,3-5H2,1-2H3. The molecule has 0 heterocycles. The molecule has 0 aliphatic heterocycles. The van der Waals surface area contributed by atoms with Crippen molar-refractivity contribution in [1.82, 2.24) is 0 Å². The van der Waals surface area contributed by atoms with Gasteiger partial charge in [-0.3, -0.25) is 4.79 Å². The fraction of sp³-hybridized carbons (Fsp3) is 0.857. The van der Waals surface area contributed by atoms with Gasteiger partial charge in [0.2, 0.25) is 0 Å². The lowest BCUT2D eigenvalue weighted by molar-refractivity contribution is -0.141. The molecule has 10 heavy (non-hydrogen) atoms. The summed E-state index contributed by atoms with van der Waals surface area (Å²) >= 11 is 0. The van der Waals surface area contributed by atoms with Crippen LogP contribution in [0.1, 0.15) is 26.2 Å². The second-order valence-electron chi connectivity index (χ2n) is 2.18. The third-order valence-corrected chi connectivity index (χ3v) is 1.38. The van der Waals surface area contributed by atoms with Crippen molar-refractivity contribution in [3.05, 3.63) is 0 Å². The van der Waals surface area contributed by atoms with E-state index in [9.17, 15) is 4.79 Å². The molecule has 0 aromatic carbocycles. The molecule has 60 valence electrons. The summed E-state index contributed by atoms with van der Waals surface area (Å²) < 4.78 is 4.40. The van der Waals surface area contributed by atoms with Gasteiger partial charge in [0.1, 0.15) is 0 Å². The molecule has 0 fully saturated rings. The number of methoxy groups -OCH3 is 1. The third kappa shape index (κ3) is 4.32. The molecule has 0 saturated heterocycles. The number of aliphatic hydroxyl groups excluding tert-OH is 1. The molecule has 0 aromatic rings. The highest BCUT2D eigenvalue weighted by Gasteiger charge is 2.04. The summed E-state index contributed by atoms with van der Waals surface area (Å²) in [4.78, 5) is 10.5. The second kappa shape index (κ2) is 5.23. The topological polar surface area (TPSA) is 46.5 Å². The molecule has 3 heteroatoms. The van der Waals surface area contributed by atoms with Crippen molar-refractivity contribution in [2.24, 2.45) is 0 Å². The van der Waals surface area contributed by atoms with Crippen LogP contribution >= 0.6 is 0 Å². The monoisotopic (exact) mass is 146 g/mol. The Hall–Kier alpha value is -0.570. The van der Waals surface area contributed by atoms with Gasteiger partial charge in [-0.1, -0.05) is 6.92 Å². The van der Waals surface area contributed by atoms with Crippen molar-refractivity contribution >= 4 is 5.97 Å². The smallest absolute Gasteiger partial charge is 0.305 e. The van der Waals surface area contributed by atoms with Crippen molar-refractivity contribution in [2.75, 3.05) is 7.11 Å². The lowest BCUT2D eigenvalue weighted by Gasteiger charge is -2.04. The summed E-state index contributed by atoms with van der Waals surface area (Å²) in [5, 5.41) is 8.99. The van der Waals surface area contributed by atoms with Gasteiger partial charge in [-0.05, 0) is 12.8 Å².